The maximum Gasteiger partial charge on any atom is 0.234 e. The van der Waals surface area contributed by atoms with Crippen LogP contribution in [0.1, 0.15) is 16.7 Å². The van der Waals surface area contributed by atoms with E-state index in [0.717, 1.165) is 22.8 Å². The van der Waals surface area contributed by atoms with Gasteiger partial charge in [-0.25, -0.2) is 0 Å². The van der Waals surface area contributed by atoms with Gasteiger partial charge < -0.3 is 18.8 Å². The fraction of sp³-hybridized carbons (Fsp3) is 0.267. The highest BCUT2D eigenvalue weighted by Crippen LogP contribution is 2.40. The van der Waals surface area contributed by atoms with E-state index in [1.807, 2.05) is 35.2 Å². The van der Waals surface area contributed by atoms with Crippen molar-refractivity contribution in [2.75, 3.05) is 12.5 Å². The van der Waals surface area contributed by atoms with E-state index in [0.29, 0.717) is 12.3 Å². The van der Waals surface area contributed by atoms with Crippen molar-refractivity contribution < 1.29 is 18.7 Å². The molecule has 21 heavy (non-hydrogen) atoms. The second-order valence-corrected chi connectivity index (χ2v) is 5.96. The van der Waals surface area contributed by atoms with Gasteiger partial charge in [-0.05, 0) is 29.8 Å². The molecule has 2 aliphatic rings. The van der Waals surface area contributed by atoms with Crippen molar-refractivity contribution in [3.8, 4) is 11.5 Å². The summed E-state index contributed by atoms with van der Waals surface area (Å²) in [6, 6.07) is 9.52. The molecule has 2 aromatic rings. The maximum atomic E-state index is 12.1. The van der Waals surface area contributed by atoms with Gasteiger partial charge >= 0.3 is 0 Å². The number of hydrogen-bond acceptors (Lipinski definition) is 5. The molecule has 2 aliphatic heterocycles. The Labute approximate surface area is 125 Å². The van der Waals surface area contributed by atoms with E-state index in [1.54, 1.807) is 18.0 Å². The van der Waals surface area contributed by atoms with E-state index in [4.69, 9.17) is 13.9 Å². The molecule has 108 valence electrons. The van der Waals surface area contributed by atoms with Crippen LogP contribution < -0.4 is 9.47 Å². The summed E-state index contributed by atoms with van der Waals surface area (Å²) in [6.07, 6.45) is 1.64. The number of fused-ring (bicyclic) bond motifs is 1. The second kappa shape index (κ2) is 5.04. The molecule has 6 heteroatoms. The van der Waals surface area contributed by atoms with Crippen molar-refractivity contribution in [2.45, 2.75) is 11.9 Å². The van der Waals surface area contributed by atoms with Gasteiger partial charge in [-0.2, -0.15) is 0 Å². The minimum Gasteiger partial charge on any atom is -0.466 e. The molecule has 0 bridgehead atoms. The number of carbonyl (C=O) groups excluding carboxylic acids is 1. The zero-order valence-electron chi connectivity index (χ0n) is 11.2. The molecule has 0 N–H and O–H groups in total. The van der Waals surface area contributed by atoms with Crippen LogP contribution in [0.25, 0.3) is 0 Å². The summed E-state index contributed by atoms with van der Waals surface area (Å²) in [6.45, 7) is 0.792. The van der Waals surface area contributed by atoms with Crippen LogP contribution in [-0.2, 0) is 11.3 Å². The van der Waals surface area contributed by atoms with Crippen LogP contribution in [0.5, 0.6) is 11.5 Å². The maximum absolute atomic E-state index is 12.1. The van der Waals surface area contributed by atoms with Crippen molar-refractivity contribution in [1.82, 2.24) is 4.90 Å². The lowest BCUT2D eigenvalue weighted by Gasteiger charge is -2.22. The smallest absolute Gasteiger partial charge is 0.234 e. The van der Waals surface area contributed by atoms with Gasteiger partial charge in [0, 0.05) is 6.54 Å². The first kappa shape index (κ1) is 12.6. The highest BCUT2D eigenvalue weighted by Gasteiger charge is 2.34. The van der Waals surface area contributed by atoms with Gasteiger partial charge in [-0.1, -0.05) is 6.07 Å². The largest absolute Gasteiger partial charge is 0.466 e. The molecule has 1 fully saturated rings. The van der Waals surface area contributed by atoms with Crippen LogP contribution in [0.3, 0.4) is 0 Å². The summed E-state index contributed by atoms with van der Waals surface area (Å²) in [5, 5.41) is -0.0575. The zero-order chi connectivity index (χ0) is 14.2. The summed E-state index contributed by atoms with van der Waals surface area (Å²) < 4.78 is 16.1. The Hall–Kier alpha value is -2.08. The first-order valence-corrected chi connectivity index (χ1v) is 7.69. The average Bonchev–Trinajstić information content (AvgIpc) is 3.20. The normalized spacial score (nSPS) is 20.3. The minimum atomic E-state index is -0.0575. The molecule has 1 aromatic carbocycles. The first-order valence-electron chi connectivity index (χ1n) is 6.64. The standard InChI is InChI=1S/C15H13NO4S/c17-14-8-21-15(12-2-1-5-18-12)16(14)7-10-3-4-11-13(6-10)20-9-19-11/h1-6,15H,7-9H2. The Kier molecular flexibility index (Phi) is 3.03. The summed E-state index contributed by atoms with van der Waals surface area (Å²) in [4.78, 5) is 14.0. The van der Waals surface area contributed by atoms with Crippen LogP contribution in [0.4, 0.5) is 0 Å². The predicted octanol–water partition coefficient (Wildman–Crippen LogP) is 2.78. The quantitative estimate of drug-likeness (QED) is 0.872. The predicted molar refractivity (Wildman–Crippen MR) is 77.0 cm³/mol. The lowest BCUT2D eigenvalue weighted by atomic mass is 10.2. The SMILES string of the molecule is O=C1CSC(c2ccco2)N1Cc1ccc2c(c1)OCO2. The molecule has 1 saturated heterocycles. The Morgan fingerprint density at radius 2 is 2.14 bits per heavy atom. The van der Waals surface area contributed by atoms with E-state index in [1.165, 1.54) is 0 Å². The van der Waals surface area contributed by atoms with Crippen molar-refractivity contribution in [3.05, 3.63) is 47.9 Å². The number of rotatable bonds is 3. The number of furan rings is 1. The molecular formula is C15H13NO4S. The Morgan fingerprint density at radius 3 is 3.00 bits per heavy atom. The van der Waals surface area contributed by atoms with Gasteiger partial charge in [-0.3, -0.25) is 4.79 Å². The monoisotopic (exact) mass is 303 g/mol. The van der Waals surface area contributed by atoms with Crippen molar-refractivity contribution in [1.29, 1.82) is 0 Å². The van der Waals surface area contributed by atoms with E-state index >= 15 is 0 Å². The number of ether oxygens (including phenoxy) is 2. The Bertz CT molecular complexity index is 670. The highest BCUT2D eigenvalue weighted by molar-refractivity contribution is 8.00. The van der Waals surface area contributed by atoms with Crippen LogP contribution in [-0.4, -0.2) is 23.4 Å². The van der Waals surface area contributed by atoms with Crippen molar-refractivity contribution in [2.24, 2.45) is 0 Å². The van der Waals surface area contributed by atoms with E-state index < -0.39 is 0 Å². The fourth-order valence-corrected chi connectivity index (χ4v) is 3.67. The Morgan fingerprint density at radius 1 is 1.24 bits per heavy atom. The zero-order valence-corrected chi connectivity index (χ0v) is 12.0. The molecule has 1 atom stereocenters. The topological polar surface area (TPSA) is 51.9 Å². The van der Waals surface area contributed by atoms with Gasteiger partial charge in [0.1, 0.15) is 11.1 Å². The third-order valence-corrected chi connectivity index (χ3v) is 4.76. The minimum absolute atomic E-state index is 0.0575. The molecule has 4 rings (SSSR count). The van der Waals surface area contributed by atoms with Gasteiger partial charge in [0.15, 0.2) is 11.5 Å². The van der Waals surface area contributed by atoms with Crippen molar-refractivity contribution >= 4 is 17.7 Å². The third-order valence-electron chi connectivity index (χ3n) is 3.54. The molecule has 5 nitrogen and oxygen atoms in total. The van der Waals surface area contributed by atoms with Crippen LogP contribution in [0.2, 0.25) is 0 Å². The van der Waals surface area contributed by atoms with E-state index in [-0.39, 0.29) is 18.1 Å². The number of amides is 1. The molecular weight excluding hydrogens is 290 g/mol. The van der Waals surface area contributed by atoms with Gasteiger partial charge in [0.25, 0.3) is 0 Å². The third kappa shape index (κ3) is 2.25. The van der Waals surface area contributed by atoms with Crippen molar-refractivity contribution in [3.63, 3.8) is 0 Å². The molecule has 1 amide bonds. The van der Waals surface area contributed by atoms with Gasteiger partial charge in [0.2, 0.25) is 12.7 Å². The molecule has 3 heterocycles. The molecule has 0 saturated carbocycles. The number of hydrogen-bond donors (Lipinski definition) is 0. The lowest BCUT2D eigenvalue weighted by Crippen LogP contribution is -2.27. The average molecular weight is 303 g/mol. The molecule has 0 aliphatic carbocycles. The summed E-state index contributed by atoms with van der Waals surface area (Å²) >= 11 is 1.59. The fourth-order valence-electron chi connectivity index (χ4n) is 2.53. The number of nitrogens with zero attached hydrogens (tertiary/aromatic N) is 1. The van der Waals surface area contributed by atoms with Crippen LogP contribution >= 0.6 is 11.8 Å². The van der Waals surface area contributed by atoms with Crippen LogP contribution in [0, 0.1) is 0 Å². The number of carbonyl (C=O) groups is 1. The number of thioether (sulfide) groups is 1. The molecule has 0 spiro atoms. The van der Waals surface area contributed by atoms with E-state index in [2.05, 4.69) is 0 Å². The second-order valence-electron chi connectivity index (χ2n) is 4.89. The van der Waals surface area contributed by atoms with E-state index in [9.17, 15) is 4.79 Å². The molecule has 0 radical (unpaired) electrons. The summed E-state index contributed by atoms with van der Waals surface area (Å²) in [5.74, 6) is 2.91. The van der Waals surface area contributed by atoms with Gasteiger partial charge in [0.05, 0.1) is 12.0 Å². The lowest BCUT2D eigenvalue weighted by molar-refractivity contribution is -0.128. The highest BCUT2D eigenvalue weighted by atomic mass is 32.2. The number of benzene rings is 1. The Balaban J connectivity index is 1.58. The van der Waals surface area contributed by atoms with Crippen LogP contribution in [0.15, 0.2) is 41.0 Å². The molecule has 1 unspecified atom stereocenters. The summed E-state index contributed by atoms with van der Waals surface area (Å²) in [5.41, 5.74) is 1.02. The van der Waals surface area contributed by atoms with Gasteiger partial charge in [-0.15, -0.1) is 11.8 Å². The molecule has 1 aromatic heterocycles. The summed E-state index contributed by atoms with van der Waals surface area (Å²) in [7, 11) is 0. The first-order chi connectivity index (χ1) is 10.3.